The topological polar surface area (TPSA) is 50.7 Å². The molecule has 0 saturated heterocycles. The number of nitrogens with one attached hydrogen (secondary N) is 1. The van der Waals surface area contributed by atoms with E-state index in [-0.39, 0.29) is 11.1 Å². The Morgan fingerprint density at radius 1 is 1.31 bits per heavy atom. The molecular weight excluding hydrogens is 231 g/mol. The first-order valence-electron chi connectivity index (χ1n) is 4.56. The van der Waals surface area contributed by atoms with Crippen molar-refractivity contribution in [1.29, 1.82) is 0 Å². The lowest BCUT2D eigenvalue weighted by molar-refractivity contribution is 0.616. The van der Waals surface area contributed by atoms with Gasteiger partial charge >= 0.3 is 0 Å². The highest BCUT2D eigenvalue weighted by Crippen LogP contribution is 2.12. The van der Waals surface area contributed by atoms with E-state index in [9.17, 15) is 4.39 Å². The Morgan fingerprint density at radius 3 is 2.81 bits per heavy atom. The van der Waals surface area contributed by atoms with Gasteiger partial charge in [0.1, 0.15) is 0 Å². The van der Waals surface area contributed by atoms with Crippen LogP contribution in [0.25, 0.3) is 0 Å². The van der Waals surface area contributed by atoms with E-state index in [4.69, 9.17) is 11.6 Å². The van der Waals surface area contributed by atoms with E-state index in [1.807, 2.05) is 12.1 Å². The number of hydrogen-bond donors (Lipinski definition) is 1. The molecule has 0 fully saturated rings. The summed E-state index contributed by atoms with van der Waals surface area (Å²) < 4.78 is 13.2. The number of aromatic nitrogens is 3. The number of rotatable bonds is 3. The molecule has 0 spiro atoms. The molecule has 0 aliphatic heterocycles. The molecule has 2 rings (SSSR count). The summed E-state index contributed by atoms with van der Waals surface area (Å²) in [7, 11) is 0. The summed E-state index contributed by atoms with van der Waals surface area (Å²) in [6.45, 7) is 0.451. The van der Waals surface area contributed by atoms with Gasteiger partial charge in [-0.1, -0.05) is 0 Å². The normalized spacial score (nSPS) is 10.1. The molecule has 2 heterocycles. The van der Waals surface area contributed by atoms with Crippen LogP contribution in [-0.4, -0.2) is 15.0 Å². The smallest absolute Gasteiger partial charge is 0.224 e. The highest BCUT2D eigenvalue weighted by Gasteiger charge is 2.04. The van der Waals surface area contributed by atoms with Crippen LogP contribution < -0.4 is 5.32 Å². The van der Waals surface area contributed by atoms with Crippen LogP contribution in [0.15, 0.2) is 30.7 Å². The summed E-state index contributed by atoms with van der Waals surface area (Å²) in [5, 5.41) is 2.84. The standard InChI is InChI=1S/C10H8ClFN4/c11-10-15-6-8(12)9(16-10)14-5-7-1-3-13-4-2-7/h1-4,6H,5H2,(H,14,15,16). The maximum absolute atomic E-state index is 13.2. The summed E-state index contributed by atoms with van der Waals surface area (Å²) in [5.41, 5.74) is 0.976. The van der Waals surface area contributed by atoms with Crippen LogP contribution in [0.3, 0.4) is 0 Å². The lowest BCUT2D eigenvalue weighted by Crippen LogP contribution is -2.04. The average Bonchev–Trinajstić information content (AvgIpc) is 2.32. The van der Waals surface area contributed by atoms with Gasteiger partial charge in [-0.15, -0.1) is 0 Å². The third-order valence-corrected chi connectivity index (χ3v) is 2.11. The highest BCUT2D eigenvalue weighted by atomic mass is 35.5. The van der Waals surface area contributed by atoms with Crippen LogP contribution in [0.2, 0.25) is 5.28 Å². The lowest BCUT2D eigenvalue weighted by Gasteiger charge is -2.05. The van der Waals surface area contributed by atoms with Crippen molar-refractivity contribution in [2.45, 2.75) is 6.54 Å². The summed E-state index contributed by atoms with van der Waals surface area (Å²) >= 11 is 5.56. The van der Waals surface area contributed by atoms with Crippen molar-refractivity contribution in [1.82, 2.24) is 15.0 Å². The number of pyridine rings is 1. The lowest BCUT2D eigenvalue weighted by atomic mass is 10.3. The van der Waals surface area contributed by atoms with E-state index in [2.05, 4.69) is 20.3 Å². The minimum atomic E-state index is -0.529. The van der Waals surface area contributed by atoms with E-state index < -0.39 is 5.82 Å². The summed E-state index contributed by atoms with van der Waals surface area (Å²) in [5.74, 6) is -0.435. The molecule has 2 aromatic heterocycles. The molecular formula is C10H8ClFN4. The van der Waals surface area contributed by atoms with Crippen LogP contribution >= 0.6 is 11.6 Å². The molecule has 0 amide bonds. The predicted molar refractivity (Wildman–Crippen MR) is 58.6 cm³/mol. The maximum Gasteiger partial charge on any atom is 0.224 e. The minimum absolute atomic E-state index is 0.0126. The first kappa shape index (κ1) is 10.8. The van der Waals surface area contributed by atoms with Gasteiger partial charge in [-0.2, -0.15) is 4.98 Å². The van der Waals surface area contributed by atoms with Crippen LogP contribution in [0.1, 0.15) is 5.56 Å². The van der Waals surface area contributed by atoms with Crippen molar-refractivity contribution in [3.8, 4) is 0 Å². The summed E-state index contributed by atoms with van der Waals surface area (Å²) in [6.07, 6.45) is 4.37. The van der Waals surface area contributed by atoms with Crippen molar-refractivity contribution in [2.75, 3.05) is 5.32 Å². The fraction of sp³-hybridized carbons (Fsp3) is 0.100. The number of anilines is 1. The van der Waals surface area contributed by atoms with Crippen LogP contribution in [0.4, 0.5) is 10.2 Å². The Hall–Kier alpha value is -1.75. The molecule has 6 heteroatoms. The Balaban J connectivity index is 2.08. The van der Waals surface area contributed by atoms with Crippen molar-refractivity contribution in [3.05, 3.63) is 47.4 Å². The third-order valence-electron chi connectivity index (χ3n) is 1.92. The molecule has 0 aliphatic carbocycles. The first-order chi connectivity index (χ1) is 7.75. The second-order valence-electron chi connectivity index (χ2n) is 3.04. The van der Waals surface area contributed by atoms with E-state index in [1.54, 1.807) is 12.4 Å². The Kier molecular flexibility index (Phi) is 3.26. The largest absolute Gasteiger partial charge is 0.363 e. The van der Waals surface area contributed by atoms with Gasteiger partial charge in [0.2, 0.25) is 5.28 Å². The van der Waals surface area contributed by atoms with Gasteiger partial charge in [-0.3, -0.25) is 4.98 Å². The molecule has 0 aromatic carbocycles. The van der Waals surface area contributed by atoms with Crippen molar-refractivity contribution >= 4 is 17.4 Å². The van der Waals surface area contributed by atoms with Crippen molar-refractivity contribution < 1.29 is 4.39 Å². The minimum Gasteiger partial charge on any atom is -0.363 e. The Morgan fingerprint density at radius 2 is 2.06 bits per heavy atom. The average molecular weight is 239 g/mol. The van der Waals surface area contributed by atoms with Crippen molar-refractivity contribution in [2.24, 2.45) is 0 Å². The predicted octanol–water partition coefficient (Wildman–Crippen LogP) is 2.28. The fourth-order valence-electron chi connectivity index (χ4n) is 1.16. The quantitative estimate of drug-likeness (QED) is 0.834. The first-order valence-corrected chi connectivity index (χ1v) is 4.94. The van der Waals surface area contributed by atoms with Crippen LogP contribution in [0, 0.1) is 5.82 Å². The van der Waals surface area contributed by atoms with Gasteiger partial charge in [0.25, 0.3) is 0 Å². The molecule has 1 N–H and O–H groups in total. The zero-order chi connectivity index (χ0) is 11.4. The number of hydrogen-bond acceptors (Lipinski definition) is 4. The molecule has 82 valence electrons. The van der Waals surface area contributed by atoms with E-state index in [0.717, 1.165) is 11.8 Å². The van der Waals surface area contributed by atoms with E-state index in [1.165, 1.54) is 0 Å². The van der Waals surface area contributed by atoms with Gasteiger partial charge < -0.3 is 5.32 Å². The van der Waals surface area contributed by atoms with Crippen LogP contribution in [0.5, 0.6) is 0 Å². The molecule has 0 bridgehead atoms. The molecule has 4 nitrogen and oxygen atoms in total. The van der Waals surface area contributed by atoms with Gasteiger partial charge in [0.15, 0.2) is 11.6 Å². The second kappa shape index (κ2) is 4.85. The summed E-state index contributed by atoms with van der Waals surface area (Å²) in [4.78, 5) is 11.1. The molecule has 2 aromatic rings. The molecule has 0 atom stereocenters. The molecule has 0 unspecified atom stereocenters. The zero-order valence-electron chi connectivity index (χ0n) is 8.19. The number of nitrogens with zero attached hydrogens (tertiary/aromatic N) is 3. The maximum atomic E-state index is 13.2. The number of halogens is 2. The van der Waals surface area contributed by atoms with Gasteiger partial charge in [-0.05, 0) is 29.3 Å². The highest BCUT2D eigenvalue weighted by molar-refractivity contribution is 6.28. The van der Waals surface area contributed by atoms with E-state index >= 15 is 0 Å². The van der Waals surface area contributed by atoms with Crippen LogP contribution in [-0.2, 0) is 6.54 Å². The summed E-state index contributed by atoms with van der Waals surface area (Å²) in [6, 6.07) is 3.65. The molecule has 0 aliphatic rings. The van der Waals surface area contributed by atoms with Gasteiger partial charge in [0, 0.05) is 18.9 Å². The molecule has 16 heavy (non-hydrogen) atoms. The SMILES string of the molecule is Fc1cnc(Cl)nc1NCc1ccncc1. The Bertz CT molecular complexity index is 478. The zero-order valence-corrected chi connectivity index (χ0v) is 8.95. The third kappa shape index (κ3) is 2.64. The molecule has 0 saturated carbocycles. The fourth-order valence-corrected chi connectivity index (χ4v) is 1.29. The van der Waals surface area contributed by atoms with E-state index in [0.29, 0.717) is 6.54 Å². The molecule has 0 radical (unpaired) electrons. The van der Waals surface area contributed by atoms with Gasteiger partial charge in [0.05, 0.1) is 6.20 Å². The van der Waals surface area contributed by atoms with Crippen molar-refractivity contribution in [3.63, 3.8) is 0 Å². The Labute approximate surface area is 96.5 Å². The second-order valence-corrected chi connectivity index (χ2v) is 3.38. The monoisotopic (exact) mass is 238 g/mol. The van der Waals surface area contributed by atoms with Gasteiger partial charge in [-0.25, -0.2) is 9.37 Å².